The number of aryl methyl sites for hydroxylation is 1. The number of anilines is 2. The molecule has 3 N–H and O–H groups in total. The summed E-state index contributed by atoms with van der Waals surface area (Å²) in [5, 5.41) is 3.15. The number of benzene rings is 1. The number of hydrogen-bond acceptors (Lipinski definition) is 3. The lowest BCUT2D eigenvalue weighted by Gasteiger charge is -2.08. The molecule has 2 aromatic rings. The van der Waals surface area contributed by atoms with Crippen molar-refractivity contribution >= 4 is 28.9 Å². The largest absolute Gasteiger partial charge is 0.398 e. The number of nitrogens with two attached hydrogens (primary N) is 1. The van der Waals surface area contributed by atoms with Crippen LogP contribution in [0.3, 0.4) is 0 Å². The Hall–Kier alpha value is -2.07. The van der Waals surface area contributed by atoms with Gasteiger partial charge in [0.25, 0.3) is 5.91 Å². The summed E-state index contributed by atoms with van der Waals surface area (Å²) in [7, 11) is 0. The molecule has 0 aliphatic carbocycles. The first-order valence-electron chi connectivity index (χ1n) is 5.36. The summed E-state index contributed by atoms with van der Waals surface area (Å²) in [6.45, 7) is 1.82. The fourth-order valence-electron chi connectivity index (χ4n) is 1.53. The van der Waals surface area contributed by atoms with Crippen molar-refractivity contribution in [1.29, 1.82) is 0 Å². The number of rotatable bonds is 2. The number of halogens is 1. The molecule has 1 amide bonds. The van der Waals surface area contributed by atoms with Crippen molar-refractivity contribution in [3.63, 3.8) is 0 Å². The Kier molecular flexibility index (Phi) is 3.48. The van der Waals surface area contributed by atoms with Crippen molar-refractivity contribution in [2.45, 2.75) is 6.92 Å². The molecule has 0 radical (unpaired) electrons. The van der Waals surface area contributed by atoms with E-state index in [4.69, 9.17) is 17.3 Å². The first-order chi connectivity index (χ1) is 8.58. The highest BCUT2D eigenvalue weighted by atomic mass is 35.5. The molecule has 92 valence electrons. The van der Waals surface area contributed by atoms with Gasteiger partial charge in [0.05, 0.1) is 17.4 Å². The molecule has 18 heavy (non-hydrogen) atoms. The molecule has 0 aliphatic heterocycles. The van der Waals surface area contributed by atoms with E-state index in [0.717, 1.165) is 5.56 Å². The minimum absolute atomic E-state index is 0.267. The van der Waals surface area contributed by atoms with Crippen LogP contribution in [0.4, 0.5) is 11.4 Å². The highest BCUT2D eigenvalue weighted by Gasteiger charge is 2.09. The maximum atomic E-state index is 12.0. The van der Waals surface area contributed by atoms with Gasteiger partial charge in [-0.3, -0.25) is 4.79 Å². The number of pyridine rings is 1. The third kappa shape index (κ3) is 2.60. The van der Waals surface area contributed by atoms with Gasteiger partial charge in [0.2, 0.25) is 0 Å². The van der Waals surface area contributed by atoms with Gasteiger partial charge >= 0.3 is 0 Å². The third-order valence-electron chi connectivity index (χ3n) is 2.48. The molecule has 0 fully saturated rings. The number of nitrogens with one attached hydrogen (secondary N) is 1. The van der Waals surface area contributed by atoms with Crippen molar-refractivity contribution < 1.29 is 4.79 Å². The van der Waals surface area contributed by atoms with Crippen LogP contribution in [0, 0.1) is 6.92 Å². The van der Waals surface area contributed by atoms with Gasteiger partial charge < -0.3 is 11.1 Å². The standard InChI is InChI=1S/C13H12ClN3O/c1-8-6-9(7-16-12(8)14)17-13(18)10-4-2-3-5-11(10)15/h2-7H,15H2,1H3,(H,17,18). The van der Waals surface area contributed by atoms with Gasteiger partial charge in [0.15, 0.2) is 0 Å². The van der Waals surface area contributed by atoms with Gasteiger partial charge in [-0.2, -0.15) is 0 Å². The van der Waals surface area contributed by atoms with E-state index >= 15 is 0 Å². The molecule has 2 rings (SSSR count). The zero-order chi connectivity index (χ0) is 13.1. The third-order valence-corrected chi connectivity index (χ3v) is 2.87. The molecule has 0 aliphatic rings. The van der Waals surface area contributed by atoms with E-state index in [1.807, 2.05) is 6.92 Å². The van der Waals surface area contributed by atoms with Crippen LogP contribution in [0.25, 0.3) is 0 Å². The van der Waals surface area contributed by atoms with Crippen LogP contribution in [-0.2, 0) is 0 Å². The maximum Gasteiger partial charge on any atom is 0.257 e. The van der Waals surface area contributed by atoms with Gasteiger partial charge in [0, 0.05) is 5.69 Å². The van der Waals surface area contributed by atoms with Crippen molar-refractivity contribution in [1.82, 2.24) is 4.98 Å². The number of aromatic nitrogens is 1. The van der Waals surface area contributed by atoms with E-state index in [1.165, 1.54) is 6.20 Å². The smallest absolute Gasteiger partial charge is 0.257 e. The van der Waals surface area contributed by atoms with Crippen LogP contribution in [0.2, 0.25) is 5.15 Å². The quantitative estimate of drug-likeness (QED) is 0.645. The normalized spacial score (nSPS) is 10.1. The predicted molar refractivity (Wildman–Crippen MR) is 72.8 cm³/mol. The molecular weight excluding hydrogens is 250 g/mol. The van der Waals surface area contributed by atoms with E-state index < -0.39 is 0 Å². The van der Waals surface area contributed by atoms with E-state index in [0.29, 0.717) is 22.1 Å². The monoisotopic (exact) mass is 261 g/mol. The number of hydrogen-bond donors (Lipinski definition) is 2. The number of nitrogen functional groups attached to an aromatic ring is 1. The van der Waals surface area contributed by atoms with Crippen LogP contribution < -0.4 is 11.1 Å². The van der Waals surface area contributed by atoms with Crippen LogP contribution in [-0.4, -0.2) is 10.9 Å². The van der Waals surface area contributed by atoms with Crippen molar-refractivity contribution in [3.8, 4) is 0 Å². The molecule has 0 spiro atoms. The second kappa shape index (κ2) is 5.06. The lowest BCUT2D eigenvalue weighted by atomic mass is 10.1. The number of carbonyl (C=O) groups excluding carboxylic acids is 1. The van der Waals surface area contributed by atoms with Gasteiger partial charge in [-0.1, -0.05) is 23.7 Å². The molecule has 0 atom stereocenters. The molecule has 0 saturated heterocycles. The minimum Gasteiger partial charge on any atom is -0.398 e. The lowest BCUT2D eigenvalue weighted by Crippen LogP contribution is -2.14. The number of amides is 1. The molecule has 1 aromatic carbocycles. The summed E-state index contributed by atoms with van der Waals surface area (Å²) in [5.74, 6) is -0.267. The van der Waals surface area contributed by atoms with Gasteiger partial charge in [-0.05, 0) is 30.7 Å². The molecular formula is C13H12ClN3O. The molecule has 0 bridgehead atoms. The Morgan fingerprint density at radius 3 is 2.78 bits per heavy atom. The van der Waals surface area contributed by atoms with E-state index in [1.54, 1.807) is 30.3 Å². The van der Waals surface area contributed by atoms with Crippen LogP contribution in [0.15, 0.2) is 36.5 Å². The summed E-state index contributed by atoms with van der Waals surface area (Å²) in [6, 6.07) is 8.64. The molecule has 4 nitrogen and oxygen atoms in total. The SMILES string of the molecule is Cc1cc(NC(=O)c2ccccc2N)cnc1Cl. The molecule has 0 saturated carbocycles. The van der Waals surface area contributed by atoms with E-state index in [2.05, 4.69) is 10.3 Å². The zero-order valence-corrected chi connectivity index (χ0v) is 10.5. The van der Waals surface area contributed by atoms with Crippen molar-refractivity contribution in [2.24, 2.45) is 0 Å². The summed E-state index contributed by atoms with van der Waals surface area (Å²) >= 11 is 5.82. The van der Waals surface area contributed by atoms with E-state index in [9.17, 15) is 4.79 Å². The Bertz CT molecular complexity index is 599. The Morgan fingerprint density at radius 1 is 1.39 bits per heavy atom. The molecule has 0 unspecified atom stereocenters. The van der Waals surface area contributed by atoms with Gasteiger partial charge in [-0.25, -0.2) is 4.98 Å². The average Bonchev–Trinajstić information content (AvgIpc) is 2.34. The Morgan fingerprint density at radius 2 is 2.11 bits per heavy atom. The molecule has 1 heterocycles. The van der Waals surface area contributed by atoms with E-state index in [-0.39, 0.29) is 5.91 Å². The number of carbonyl (C=O) groups is 1. The fraction of sp³-hybridized carbons (Fsp3) is 0.0769. The number of nitrogens with zero attached hydrogens (tertiary/aromatic N) is 1. The zero-order valence-electron chi connectivity index (χ0n) is 9.77. The average molecular weight is 262 g/mol. The molecule has 1 aromatic heterocycles. The summed E-state index contributed by atoms with van der Waals surface area (Å²) < 4.78 is 0. The van der Waals surface area contributed by atoms with Gasteiger partial charge in [0.1, 0.15) is 5.15 Å². The fourth-order valence-corrected chi connectivity index (χ4v) is 1.63. The highest BCUT2D eigenvalue weighted by Crippen LogP contribution is 2.18. The predicted octanol–water partition coefficient (Wildman–Crippen LogP) is 2.88. The first kappa shape index (κ1) is 12.4. The van der Waals surface area contributed by atoms with Crippen LogP contribution in [0.1, 0.15) is 15.9 Å². The van der Waals surface area contributed by atoms with Crippen molar-refractivity contribution in [3.05, 3.63) is 52.8 Å². The minimum atomic E-state index is -0.267. The topological polar surface area (TPSA) is 68.0 Å². The van der Waals surface area contributed by atoms with Crippen LogP contribution >= 0.6 is 11.6 Å². The van der Waals surface area contributed by atoms with Gasteiger partial charge in [-0.15, -0.1) is 0 Å². The van der Waals surface area contributed by atoms with Crippen LogP contribution in [0.5, 0.6) is 0 Å². The number of para-hydroxylation sites is 1. The second-order valence-electron chi connectivity index (χ2n) is 3.87. The summed E-state index contributed by atoms with van der Waals surface area (Å²) in [5.41, 5.74) is 7.99. The summed E-state index contributed by atoms with van der Waals surface area (Å²) in [6.07, 6.45) is 1.51. The molecule has 5 heteroatoms. The lowest BCUT2D eigenvalue weighted by molar-refractivity contribution is 0.102. The summed E-state index contributed by atoms with van der Waals surface area (Å²) in [4.78, 5) is 15.9. The maximum absolute atomic E-state index is 12.0. The highest BCUT2D eigenvalue weighted by molar-refractivity contribution is 6.30. The second-order valence-corrected chi connectivity index (χ2v) is 4.23. The Balaban J connectivity index is 2.22. The first-order valence-corrected chi connectivity index (χ1v) is 5.73. The van der Waals surface area contributed by atoms with Crippen molar-refractivity contribution in [2.75, 3.05) is 11.1 Å². The Labute approximate surface area is 110 Å².